The van der Waals surface area contributed by atoms with Gasteiger partial charge in [0.25, 0.3) is 0 Å². The molecule has 1 amide bonds. The van der Waals surface area contributed by atoms with Crippen LogP contribution in [0.1, 0.15) is 30.9 Å². The molecule has 0 saturated carbocycles. The van der Waals surface area contributed by atoms with Gasteiger partial charge in [0.2, 0.25) is 5.91 Å². The van der Waals surface area contributed by atoms with Crippen LogP contribution in [-0.4, -0.2) is 29.9 Å². The molecule has 2 aromatic rings. The zero-order valence-electron chi connectivity index (χ0n) is 14.1. The first-order chi connectivity index (χ1) is 12.0. The minimum absolute atomic E-state index is 0.102. The van der Waals surface area contributed by atoms with Crippen LogP contribution in [-0.2, 0) is 4.79 Å². The Balaban J connectivity index is 1.64. The number of halogens is 2. The Bertz CT molecular complexity index is 821. The average Bonchev–Trinajstić information content (AvgIpc) is 3.16. The molecule has 2 aliphatic rings. The van der Waals surface area contributed by atoms with E-state index in [0.29, 0.717) is 5.56 Å². The van der Waals surface area contributed by atoms with Gasteiger partial charge in [0.05, 0.1) is 0 Å². The van der Waals surface area contributed by atoms with E-state index in [1.54, 1.807) is 23.1 Å². The molecule has 2 aliphatic heterocycles. The second-order valence-corrected chi connectivity index (χ2v) is 7.04. The van der Waals surface area contributed by atoms with Crippen LogP contribution in [0.2, 0.25) is 0 Å². The summed E-state index contributed by atoms with van der Waals surface area (Å²) in [7, 11) is 1.81. The van der Waals surface area contributed by atoms with Gasteiger partial charge in [0.15, 0.2) is 0 Å². The second kappa shape index (κ2) is 5.92. The van der Waals surface area contributed by atoms with Crippen LogP contribution in [0.25, 0.3) is 11.1 Å². The molecule has 0 aromatic heterocycles. The first-order valence-electron chi connectivity index (χ1n) is 8.57. The van der Waals surface area contributed by atoms with Crippen LogP contribution in [0.3, 0.4) is 0 Å². The molecule has 130 valence electrons. The Kier molecular flexibility index (Phi) is 3.84. The van der Waals surface area contributed by atoms with Gasteiger partial charge in [-0.1, -0.05) is 18.2 Å². The summed E-state index contributed by atoms with van der Waals surface area (Å²) in [5.41, 5.74) is 1.71. The lowest BCUT2D eigenvalue weighted by molar-refractivity contribution is -0.131. The maximum absolute atomic E-state index is 14.5. The molecule has 0 radical (unpaired) electrons. The first-order valence-corrected chi connectivity index (χ1v) is 8.57. The van der Waals surface area contributed by atoms with Crippen LogP contribution >= 0.6 is 0 Å². The van der Waals surface area contributed by atoms with Crippen molar-refractivity contribution in [1.29, 1.82) is 0 Å². The standard InChI is InChI=1S/C20H20F2N2O/c1-24-11-10-20(19(24)25)9-8-18(23-20)16-12-14(4-7-17(16)22)13-2-5-15(21)6-3-13/h2-7,12,18,23H,8-11H2,1H3/t18-,20+/m1/s1. The van der Waals surface area contributed by atoms with Gasteiger partial charge in [-0.3, -0.25) is 10.1 Å². The molecular weight excluding hydrogens is 322 g/mol. The van der Waals surface area contributed by atoms with Gasteiger partial charge < -0.3 is 4.90 Å². The van der Waals surface area contributed by atoms with Gasteiger partial charge in [-0.15, -0.1) is 0 Å². The fourth-order valence-corrected chi connectivity index (χ4v) is 4.03. The van der Waals surface area contributed by atoms with Gasteiger partial charge in [-0.2, -0.15) is 0 Å². The highest BCUT2D eigenvalue weighted by Gasteiger charge is 2.50. The van der Waals surface area contributed by atoms with Crippen molar-refractivity contribution in [3.8, 4) is 11.1 Å². The number of likely N-dealkylation sites (N-methyl/N-ethyl adjacent to an activating group) is 1. The van der Waals surface area contributed by atoms with Crippen molar-refractivity contribution in [3.05, 3.63) is 59.7 Å². The van der Waals surface area contributed by atoms with Crippen molar-refractivity contribution in [1.82, 2.24) is 10.2 Å². The molecule has 1 N–H and O–H groups in total. The number of amides is 1. The minimum atomic E-state index is -0.544. The number of nitrogens with one attached hydrogen (secondary N) is 1. The fourth-order valence-electron chi connectivity index (χ4n) is 4.03. The largest absolute Gasteiger partial charge is 0.344 e. The van der Waals surface area contributed by atoms with Crippen molar-refractivity contribution in [2.45, 2.75) is 30.8 Å². The number of nitrogens with zero attached hydrogens (tertiary/aromatic N) is 1. The molecule has 4 rings (SSSR count). The highest BCUT2D eigenvalue weighted by molar-refractivity contribution is 5.88. The fraction of sp³-hybridized carbons (Fsp3) is 0.350. The molecule has 2 atom stereocenters. The Hall–Kier alpha value is -2.27. The van der Waals surface area contributed by atoms with Crippen molar-refractivity contribution in [3.63, 3.8) is 0 Å². The van der Waals surface area contributed by atoms with Gasteiger partial charge in [-0.05, 0) is 54.7 Å². The van der Waals surface area contributed by atoms with Gasteiger partial charge in [0, 0.05) is 25.2 Å². The van der Waals surface area contributed by atoms with Crippen LogP contribution in [0, 0.1) is 11.6 Å². The number of likely N-dealkylation sites (tertiary alicyclic amines) is 1. The maximum atomic E-state index is 14.5. The lowest BCUT2D eigenvalue weighted by Crippen LogP contribution is -2.47. The number of rotatable bonds is 2. The first kappa shape index (κ1) is 16.2. The van der Waals surface area contributed by atoms with E-state index < -0.39 is 5.54 Å². The Labute approximate surface area is 145 Å². The van der Waals surface area contributed by atoms with E-state index >= 15 is 0 Å². The molecule has 5 heteroatoms. The number of carbonyl (C=O) groups excluding carboxylic acids is 1. The highest BCUT2D eigenvalue weighted by Crippen LogP contribution is 2.40. The van der Waals surface area contributed by atoms with E-state index in [1.165, 1.54) is 18.2 Å². The summed E-state index contributed by atoms with van der Waals surface area (Å²) < 4.78 is 27.6. The second-order valence-electron chi connectivity index (χ2n) is 7.04. The zero-order valence-corrected chi connectivity index (χ0v) is 14.1. The third kappa shape index (κ3) is 2.72. The Morgan fingerprint density at radius 2 is 1.80 bits per heavy atom. The summed E-state index contributed by atoms with van der Waals surface area (Å²) in [6.07, 6.45) is 2.21. The van der Waals surface area contributed by atoms with Gasteiger partial charge in [-0.25, -0.2) is 8.78 Å². The summed E-state index contributed by atoms with van der Waals surface area (Å²) in [6.45, 7) is 0.733. The summed E-state index contributed by atoms with van der Waals surface area (Å²) >= 11 is 0. The molecule has 0 bridgehead atoms. The molecule has 25 heavy (non-hydrogen) atoms. The lowest BCUT2D eigenvalue weighted by Gasteiger charge is -2.23. The molecule has 2 saturated heterocycles. The van der Waals surface area contributed by atoms with Crippen LogP contribution < -0.4 is 5.32 Å². The predicted molar refractivity (Wildman–Crippen MR) is 91.9 cm³/mol. The molecule has 3 nitrogen and oxygen atoms in total. The lowest BCUT2D eigenvalue weighted by atomic mass is 9.95. The van der Waals surface area contributed by atoms with Crippen LogP contribution in [0.5, 0.6) is 0 Å². The van der Waals surface area contributed by atoms with E-state index in [9.17, 15) is 13.6 Å². The third-order valence-corrected chi connectivity index (χ3v) is 5.49. The van der Waals surface area contributed by atoms with Crippen LogP contribution in [0.15, 0.2) is 42.5 Å². The van der Waals surface area contributed by atoms with Gasteiger partial charge >= 0.3 is 0 Å². The summed E-state index contributed by atoms with van der Waals surface area (Å²) in [5, 5.41) is 3.40. The number of hydrogen-bond donors (Lipinski definition) is 1. The molecular formula is C20H20F2N2O. The summed E-state index contributed by atoms with van der Waals surface area (Å²) in [6, 6.07) is 10.9. The molecule has 0 unspecified atom stereocenters. The van der Waals surface area contributed by atoms with Crippen LogP contribution in [0.4, 0.5) is 8.78 Å². The number of hydrogen-bond acceptors (Lipinski definition) is 2. The minimum Gasteiger partial charge on any atom is -0.344 e. The van der Waals surface area contributed by atoms with E-state index in [4.69, 9.17) is 0 Å². The molecule has 1 spiro atoms. The normalized spacial score (nSPS) is 26.0. The topological polar surface area (TPSA) is 32.3 Å². The number of benzene rings is 2. The third-order valence-electron chi connectivity index (χ3n) is 5.49. The van der Waals surface area contributed by atoms with Crippen molar-refractivity contribution >= 4 is 5.91 Å². The molecule has 0 aliphatic carbocycles. The average molecular weight is 342 g/mol. The quantitative estimate of drug-likeness (QED) is 0.903. The SMILES string of the molecule is CN1CC[C@@]2(CC[C@H](c3cc(-c4ccc(F)cc4)ccc3F)N2)C1=O. The Morgan fingerprint density at radius 1 is 1.08 bits per heavy atom. The maximum Gasteiger partial charge on any atom is 0.242 e. The monoisotopic (exact) mass is 342 g/mol. The van der Waals surface area contributed by atoms with E-state index in [2.05, 4.69) is 5.32 Å². The van der Waals surface area contributed by atoms with E-state index in [0.717, 1.165) is 36.9 Å². The van der Waals surface area contributed by atoms with Gasteiger partial charge in [0.1, 0.15) is 17.2 Å². The summed E-state index contributed by atoms with van der Waals surface area (Å²) in [5.74, 6) is -0.473. The van der Waals surface area contributed by atoms with E-state index in [1.807, 2.05) is 13.1 Å². The zero-order chi connectivity index (χ0) is 17.6. The molecule has 2 heterocycles. The summed E-state index contributed by atoms with van der Waals surface area (Å²) in [4.78, 5) is 14.2. The van der Waals surface area contributed by atoms with Crippen molar-refractivity contribution < 1.29 is 13.6 Å². The van der Waals surface area contributed by atoms with Crippen molar-refractivity contribution in [2.24, 2.45) is 0 Å². The predicted octanol–water partition coefficient (Wildman–Crippen LogP) is 3.66. The Morgan fingerprint density at radius 3 is 2.48 bits per heavy atom. The number of carbonyl (C=O) groups is 1. The molecule has 2 aromatic carbocycles. The van der Waals surface area contributed by atoms with E-state index in [-0.39, 0.29) is 23.6 Å². The highest BCUT2D eigenvalue weighted by atomic mass is 19.1. The molecule has 2 fully saturated rings. The van der Waals surface area contributed by atoms with Crippen molar-refractivity contribution in [2.75, 3.05) is 13.6 Å². The smallest absolute Gasteiger partial charge is 0.242 e.